The van der Waals surface area contributed by atoms with Gasteiger partial charge in [-0.1, -0.05) is 49.8 Å². The molecule has 0 heterocycles. The third-order valence-electron chi connectivity index (χ3n) is 3.18. The molecule has 0 spiro atoms. The molecule has 0 fully saturated rings. The first-order chi connectivity index (χ1) is 9.69. The van der Waals surface area contributed by atoms with Gasteiger partial charge in [-0.25, -0.2) is 0 Å². The molecular weight excluding hydrogens is 250 g/mol. The summed E-state index contributed by atoms with van der Waals surface area (Å²) in [5.41, 5.74) is 1.16. The summed E-state index contributed by atoms with van der Waals surface area (Å²) in [5, 5.41) is 3.32. The lowest BCUT2D eigenvalue weighted by atomic mass is 10.1. The second kappa shape index (κ2) is 9.32. The summed E-state index contributed by atoms with van der Waals surface area (Å²) >= 11 is 0. The summed E-state index contributed by atoms with van der Waals surface area (Å²) in [7, 11) is 0. The van der Waals surface area contributed by atoms with Crippen LogP contribution in [0.2, 0.25) is 0 Å². The molecule has 0 aromatic heterocycles. The summed E-state index contributed by atoms with van der Waals surface area (Å²) in [4.78, 5) is 12.0. The molecule has 0 aliphatic rings. The fourth-order valence-electron chi connectivity index (χ4n) is 1.96. The summed E-state index contributed by atoms with van der Waals surface area (Å²) < 4.78 is 5.28. The molecule has 0 aliphatic carbocycles. The lowest BCUT2D eigenvalue weighted by Gasteiger charge is -2.21. The average molecular weight is 275 g/mol. The highest BCUT2D eigenvalue weighted by Gasteiger charge is 2.20. The van der Waals surface area contributed by atoms with Crippen LogP contribution in [0, 0.1) is 0 Å². The van der Waals surface area contributed by atoms with E-state index in [1.807, 2.05) is 37.3 Å². The van der Waals surface area contributed by atoms with Crippen LogP contribution in [0.25, 0.3) is 0 Å². The molecule has 1 aromatic rings. The van der Waals surface area contributed by atoms with Crippen molar-refractivity contribution in [1.82, 2.24) is 5.32 Å². The number of carbonyl (C=O) groups is 1. The minimum atomic E-state index is -0.334. The van der Waals surface area contributed by atoms with Crippen LogP contribution in [0.15, 0.2) is 43.0 Å². The Labute approximate surface area is 122 Å². The van der Waals surface area contributed by atoms with Gasteiger partial charge in [-0.2, -0.15) is 0 Å². The van der Waals surface area contributed by atoms with Crippen LogP contribution in [0.1, 0.15) is 44.7 Å². The predicted octanol–water partition coefficient (Wildman–Crippen LogP) is 3.63. The van der Waals surface area contributed by atoms with Crippen molar-refractivity contribution >= 4 is 5.97 Å². The maximum absolute atomic E-state index is 12.0. The van der Waals surface area contributed by atoms with Crippen LogP contribution in [0.5, 0.6) is 0 Å². The van der Waals surface area contributed by atoms with Crippen molar-refractivity contribution in [2.75, 3.05) is 6.61 Å². The lowest BCUT2D eigenvalue weighted by Crippen LogP contribution is -2.39. The molecule has 3 nitrogen and oxygen atoms in total. The number of hydrogen-bond acceptors (Lipinski definition) is 3. The Bertz CT molecular complexity index is 403. The Balaban J connectivity index is 2.57. The maximum atomic E-state index is 12.0. The maximum Gasteiger partial charge on any atom is 0.323 e. The molecule has 1 N–H and O–H groups in total. The minimum absolute atomic E-state index is 0.0971. The predicted molar refractivity (Wildman–Crippen MR) is 82.5 cm³/mol. The van der Waals surface area contributed by atoms with Gasteiger partial charge in [0.05, 0.1) is 6.61 Å². The van der Waals surface area contributed by atoms with E-state index in [-0.39, 0.29) is 18.1 Å². The SMILES string of the molecule is C=CC[C@H](N[C@H](C)c1ccccc1)C(=O)OCCCC. The zero-order valence-electron chi connectivity index (χ0n) is 12.5. The molecule has 0 aliphatic heterocycles. The zero-order chi connectivity index (χ0) is 14.8. The van der Waals surface area contributed by atoms with E-state index in [2.05, 4.69) is 18.8 Å². The van der Waals surface area contributed by atoms with Crippen molar-refractivity contribution in [3.63, 3.8) is 0 Å². The van der Waals surface area contributed by atoms with Gasteiger partial charge in [-0.3, -0.25) is 10.1 Å². The number of nitrogens with one attached hydrogen (secondary N) is 1. The third-order valence-corrected chi connectivity index (χ3v) is 3.18. The smallest absolute Gasteiger partial charge is 0.323 e. The van der Waals surface area contributed by atoms with Gasteiger partial charge < -0.3 is 4.74 Å². The average Bonchev–Trinajstić information content (AvgIpc) is 2.47. The van der Waals surface area contributed by atoms with Crippen LogP contribution >= 0.6 is 0 Å². The highest BCUT2D eigenvalue weighted by molar-refractivity contribution is 5.76. The van der Waals surface area contributed by atoms with Crippen LogP contribution in [-0.2, 0) is 9.53 Å². The van der Waals surface area contributed by atoms with Crippen molar-refractivity contribution in [3.8, 4) is 0 Å². The number of carbonyl (C=O) groups excluding carboxylic acids is 1. The molecular formula is C17H25NO2. The topological polar surface area (TPSA) is 38.3 Å². The second-order valence-corrected chi connectivity index (χ2v) is 4.90. The van der Waals surface area contributed by atoms with E-state index in [4.69, 9.17) is 4.74 Å². The van der Waals surface area contributed by atoms with Gasteiger partial charge in [-0.05, 0) is 25.3 Å². The van der Waals surface area contributed by atoms with Crippen molar-refractivity contribution in [3.05, 3.63) is 48.6 Å². The fraction of sp³-hybridized carbons (Fsp3) is 0.471. The van der Waals surface area contributed by atoms with E-state index >= 15 is 0 Å². The van der Waals surface area contributed by atoms with E-state index in [1.165, 1.54) is 0 Å². The normalized spacial score (nSPS) is 13.5. The Kier molecular flexibility index (Phi) is 7.66. The number of hydrogen-bond donors (Lipinski definition) is 1. The fourth-order valence-corrected chi connectivity index (χ4v) is 1.96. The number of ether oxygens (including phenoxy) is 1. The molecule has 3 heteroatoms. The van der Waals surface area contributed by atoms with Crippen LogP contribution in [-0.4, -0.2) is 18.6 Å². The minimum Gasteiger partial charge on any atom is -0.465 e. The highest BCUT2D eigenvalue weighted by atomic mass is 16.5. The number of esters is 1. The molecule has 110 valence electrons. The first-order valence-electron chi connectivity index (χ1n) is 7.27. The monoisotopic (exact) mass is 275 g/mol. The van der Waals surface area contributed by atoms with Gasteiger partial charge in [0, 0.05) is 6.04 Å². The number of unbranched alkanes of at least 4 members (excludes halogenated alkanes) is 1. The van der Waals surface area contributed by atoms with Crippen LogP contribution in [0.4, 0.5) is 0 Å². The molecule has 0 amide bonds. The molecule has 0 saturated carbocycles. The van der Waals surface area contributed by atoms with Crippen molar-refractivity contribution in [1.29, 1.82) is 0 Å². The first-order valence-corrected chi connectivity index (χ1v) is 7.27. The van der Waals surface area contributed by atoms with Crippen molar-refractivity contribution < 1.29 is 9.53 Å². The van der Waals surface area contributed by atoms with Gasteiger partial charge in [0.25, 0.3) is 0 Å². The Hall–Kier alpha value is -1.61. The Morgan fingerprint density at radius 1 is 1.40 bits per heavy atom. The molecule has 2 atom stereocenters. The molecule has 20 heavy (non-hydrogen) atoms. The van der Waals surface area contributed by atoms with Crippen molar-refractivity contribution in [2.24, 2.45) is 0 Å². The summed E-state index contributed by atoms with van der Waals surface area (Å²) in [6, 6.07) is 9.83. The summed E-state index contributed by atoms with van der Waals surface area (Å²) in [5.74, 6) is -0.193. The number of rotatable bonds is 9. The zero-order valence-corrected chi connectivity index (χ0v) is 12.5. The van der Waals surface area contributed by atoms with E-state index in [1.54, 1.807) is 6.08 Å². The van der Waals surface area contributed by atoms with Gasteiger partial charge in [0.15, 0.2) is 0 Å². The quantitative estimate of drug-likeness (QED) is 0.425. The standard InChI is InChI=1S/C17H25NO2/c1-4-6-13-20-17(19)16(10-5-2)18-14(3)15-11-8-7-9-12-15/h5,7-9,11-12,14,16,18H,2,4,6,10,13H2,1,3H3/t14-,16+/m1/s1. The van der Waals surface area contributed by atoms with E-state index in [0.717, 1.165) is 18.4 Å². The first kappa shape index (κ1) is 16.4. The Morgan fingerprint density at radius 3 is 2.70 bits per heavy atom. The largest absolute Gasteiger partial charge is 0.465 e. The molecule has 0 unspecified atom stereocenters. The van der Waals surface area contributed by atoms with Crippen molar-refractivity contribution in [2.45, 2.75) is 45.2 Å². The lowest BCUT2D eigenvalue weighted by molar-refractivity contribution is -0.146. The summed E-state index contributed by atoms with van der Waals surface area (Å²) in [6.45, 7) is 8.32. The van der Waals surface area contributed by atoms with Gasteiger partial charge >= 0.3 is 5.97 Å². The van der Waals surface area contributed by atoms with E-state index < -0.39 is 0 Å². The molecule has 1 rings (SSSR count). The second-order valence-electron chi connectivity index (χ2n) is 4.90. The Morgan fingerprint density at radius 2 is 2.10 bits per heavy atom. The molecule has 0 radical (unpaired) electrons. The summed E-state index contributed by atoms with van der Waals surface area (Å²) in [6.07, 6.45) is 4.24. The van der Waals surface area contributed by atoms with Gasteiger partial charge in [0.1, 0.15) is 6.04 Å². The van der Waals surface area contributed by atoms with E-state index in [9.17, 15) is 4.79 Å². The van der Waals surface area contributed by atoms with Gasteiger partial charge in [-0.15, -0.1) is 6.58 Å². The molecule has 0 saturated heterocycles. The molecule has 0 bridgehead atoms. The third kappa shape index (κ3) is 5.57. The highest BCUT2D eigenvalue weighted by Crippen LogP contribution is 2.13. The number of benzene rings is 1. The van der Waals surface area contributed by atoms with Crippen LogP contribution in [0.3, 0.4) is 0 Å². The van der Waals surface area contributed by atoms with E-state index in [0.29, 0.717) is 13.0 Å². The van der Waals surface area contributed by atoms with Crippen LogP contribution < -0.4 is 5.32 Å². The molecule has 1 aromatic carbocycles. The van der Waals surface area contributed by atoms with Gasteiger partial charge in [0.2, 0.25) is 0 Å².